The molecule has 1 saturated carbocycles. The predicted octanol–water partition coefficient (Wildman–Crippen LogP) is 3.62. The smallest absolute Gasteiger partial charge is 0.319 e. The van der Waals surface area contributed by atoms with Crippen LogP contribution in [0, 0.1) is 11.7 Å². The van der Waals surface area contributed by atoms with Gasteiger partial charge in [-0.05, 0) is 47.3 Å². The van der Waals surface area contributed by atoms with E-state index in [-0.39, 0.29) is 16.8 Å². The number of urea groups is 1. The van der Waals surface area contributed by atoms with Gasteiger partial charge in [-0.1, -0.05) is 11.6 Å². The number of rotatable bonds is 3. The Morgan fingerprint density at radius 1 is 1.38 bits per heavy atom. The highest BCUT2D eigenvalue weighted by Gasteiger charge is 2.30. The van der Waals surface area contributed by atoms with Crippen LogP contribution in [-0.2, 0) is 4.79 Å². The summed E-state index contributed by atoms with van der Waals surface area (Å²) in [5.74, 6) is -1.78. The number of hydrogen-bond acceptors (Lipinski definition) is 2. The first-order valence-electron chi connectivity index (χ1n) is 6.31. The molecule has 0 spiro atoms. The largest absolute Gasteiger partial charge is 0.481 e. The Morgan fingerprint density at radius 3 is 2.67 bits per heavy atom. The summed E-state index contributed by atoms with van der Waals surface area (Å²) in [7, 11) is 0. The molecule has 1 aromatic carbocycles. The minimum Gasteiger partial charge on any atom is -0.481 e. The summed E-state index contributed by atoms with van der Waals surface area (Å²) in [5, 5.41) is 14.2. The van der Waals surface area contributed by atoms with Crippen LogP contribution in [0.5, 0.6) is 0 Å². The summed E-state index contributed by atoms with van der Waals surface area (Å²) in [5.41, 5.74) is 0.267. The Morgan fingerprint density at radius 2 is 2.10 bits per heavy atom. The molecule has 8 heteroatoms. The highest BCUT2D eigenvalue weighted by Crippen LogP contribution is 2.32. The Balaban J connectivity index is 1.96. The van der Waals surface area contributed by atoms with Gasteiger partial charge in [-0.15, -0.1) is 0 Å². The second-order valence-corrected chi connectivity index (χ2v) is 6.15. The molecule has 1 aliphatic carbocycles. The number of carboxylic acids is 1. The van der Waals surface area contributed by atoms with Crippen LogP contribution in [0.3, 0.4) is 0 Å². The van der Waals surface area contributed by atoms with E-state index in [0.717, 1.165) is 6.07 Å². The van der Waals surface area contributed by atoms with E-state index < -0.39 is 23.7 Å². The van der Waals surface area contributed by atoms with Crippen LogP contribution in [0.1, 0.15) is 19.3 Å². The van der Waals surface area contributed by atoms with Crippen LogP contribution < -0.4 is 10.6 Å². The van der Waals surface area contributed by atoms with E-state index in [1.165, 1.54) is 6.07 Å². The van der Waals surface area contributed by atoms with Crippen molar-refractivity contribution in [3.8, 4) is 0 Å². The van der Waals surface area contributed by atoms with Crippen molar-refractivity contribution in [3.05, 3.63) is 27.4 Å². The fourth-order valence-corrected chi connectivity index (χ4v) is 3.23. The molecule has 3 N–H and O–H groups in total. The van der Waals surface area contributed by atoms with Crippen molar-refractivity contribution < 1.29 is 19.1 Å². The van der Waals surface area contributed by atoms with Crippen LogP contribution in [0.25, 0.3) is 0 Å². The number of amides is 2. The van der Waals surface area contributed by atoms with Crippen molar-refractivity contribution in [2.75, 3.05) is 5.32 Å². The van der Waals surface area contributed by atoms with Gasteiger partial charge in [0.05, 0.1) is 16.6 Å². The number of benzene rings is 1. The number of halogens is 3. The molecule has 1 aromatic rings. The first-order valence-corrected chi connectivity index (χ1v) is 7.48. The molecule has 5 nitrogen and oxygen atoms in total. The molecule has 2 rings (SSSR count). The van der Waals surface area contributed by atoms with Crippen LogP contribution in [0.4, 0.5) is 14.9 Å². The van der Waals surface area contributed by atoms with E-state index in [0.29, 0.717) is 23.7 Å². The van der Waals surface area contributed by atoms with Crippen molar-refractivity contribution in [1.29, 1.82) is 0 Å². The Kier molecular flexibility index (Phi) is 5.05. The second-order valence-electron chi connectivity index (χ2n) is 4.89. The summed E-state index contributed by atoms with van der Waals surface area (Å²) in [6, 6.07) is 1.60. The Hall–Kier alpha value is -1.34. The molecule has 114 valence electrons. The van der Waals surface area contributed by atoms with Gasteiger partial charge >= 0.3 is 12.0 Å². The predicted molar refractivity (Wildman–Crippen MR) is 80.0 cm³/mol. The molecule has 0 heterocycles. The molecular weight excluding hydrogens is 367 g/mol. The molecule has 0 aromatic heterocycles. The zero-order valence-corrected chi connectivity index (χ0v) is 13.2. The zero-order valence-electron chi connectivity index (χ0n) is 10.8. The molecule has 21 heavy (non-hydrogen) atoms. The van der Waals surface area contributed by atoms with E-state index >= 15 is 0 Å². The van der Waals surface area contributed by atoms with Gasteiger partial charge in [-0.25, -0.2) is 9.18 Å². The molecule has 2 amide bonds. The number of nitrogens with one attached hydrogen (secondary N) is 2. The third-order valence-electron chi connectivity index (χ3n) is 3.36. The fraction of sp³-hybridized carbons (Fsp3) is 0.385. The number of carboxylic acid groups (broad SMARTS) is 1. The van der Waals surface area contributed by atoms with Gasteiger partial charge in [-0.3, -0.25) is 4.79 Å². The average Bonchev–Trinajstić information content (AvgIpc) is 2.82. The van der Waals surface area contributed by atoms with E-state index in [1.54, 1.807) is 0 Å². The molecule has 1 aliphatic rings. The van der Waals surface area contributed by atoms with Gasteiger partial charge in [0.25, 0.3) is 0 Å². The molecular formula is C13H13BrClFN2O3. The maximum atomic E-state index is 13.1. The minimum atomic E-state index is -0.843. The van der Waals surface area contributed by atoms with Gasteiger partial charge in [0, 0.05) is 10.5 Å². The van der Waals surface area contributed by atoms with Gasteiger partial charge in [-0.2, -0.15) is 0 Å². The van der Waals surface area contributed by atoms with Gasteiger partial charge < -0.3 is 15.7 Å². The zero-order chi connectivity index (χ0) is 15.6. The lowest BCUT2D eigenvalue weighted by Crippen LogP contribution is -2.36. The molecule has 0 unspecified atom stereocenters. The van der Waals surface area contributed by atoms with Crippen molar-refractivity contribution in [1.82, 2.24) is 5.32 Å². The average molecular weight is 380 g/mol. The Labute approximate surface area is 134 Å². The molecule has 0 bridgehead atoms. The van der Waals surface area contributed by atoms with Crippen molar-refractivity contribution in [3.63, 3.8) is 0 Å². The van der Waals surface area contributed by atoms with Gasteiger partial charge in [0.2, 0.25) is 0 Å². The highest BCUT2D eigenvalue weighted by molar-refractivity contribution is 9.10. The van der Waals surface area contributed by atoms with E-state index in [1.807, 2.05) is 0 Å². The van der Waals surface area contributed by atoms with Gasteiger partial charge in [0.1, 0.15) is 5.82 Å². The maximum Gasteiger partial charge on any atom is 0.319 e. The first kappa shape index (κ1) is 16.0. The number of aliphatic carboxylic acids is 1. The van der Waals surface area contributed by atoms with E-state index in [2.05, 4.69) is 26.6 Å². The lowest BCUT2D eigenvalue weighted by atomic mass is 10.1. The molecule has 0 radical (unpaired) electrons. The number of hydrogen-bond donors (Lipinski definition) is 3. The number of carbonyl (C=O) groups is 2. The van der Waals surface area contributed by atoms with Crippen LogP contribution in [0.2, 0.25) is 5.02 Å². The SMILES string of the molecule is O=C(Nc1c(Cl)cc(F)cc1Br)N[C@H]1CC[C@@H](C(=O)O)C1. The van der Waals surface area contributed by atoms with E-state index in [4.69, 9.17) is 16.7 Å². The number of carbonyl (C=O) groups excluding carboxylic acids is 1. The van der Waals surface area contributed by atoms with Crippen molar-refractivity contribution in [2.24, 2.45) is 5.92 Å². The summed E-state index contributed by atoms with van der Waals surface area (Å²) in [6.45, 7) is 0. The lowest BCUT2D eigenvalue weighted by molar-refractivity contribution is -0.141. The van der Waals surface area contributed by atoms with Crippen LogP contribution in [-0.4, -0.2) is 23.1 Å². The van der Waals surface area contributed by atoms with Crippen molar-refractivity contribution in [2.45, 2.75) is 25.3 Å². The highest BCUT2D eigenvalue weighted by atomic mass is 79.9. The molecule has 1 fully saturated rings. The Bertz CT molecular complexity index is 562. The quantitative estimate of drug-likeness (QED) is 0.750. The third kappa shape index (κ3) is 4.07. The maximum absolute atomic E-state index is 13.1. The third-order valence-corrected chi connectivity index (χ3v) is 4.29. The molecule has 0 aliphatic heterocycles. The topological polar surface area (TPSA) is 78.4 Å². The van der Waals surface area contributed by atoms with Gasteiger partial charge in [0.15, 0.2) is 0 Å². The summed E-state index contributed by atoms with van der Waals surface area (Å²) >= 11 is 8.99. The van der Waals surface area contributed by atoms with Crippen LogP contribution >= 0.6 is 27.5 Å². The fourth-order valence-electron chi connectivity index (χ4n) is 2.33. The number of anilines is 1. The summed E-state index contributed by atoms with van der Waals surface area (Å²) in [4.78, 5) is 22.7. The molecule has 0 saturated heterocycles. The normalized spacial score (nSPS) is 21.1. The second kappa shape index (κ2) is 6.62. The summed E-state index contributed by atoms with van der Waals surface area (Å²) < 4.78 is 13.4. The monoisotopic (exact) mass is 378 g/mol. The first-order chi connectivity index (χ1) is 9.86. The van der Waals surface area contributed by atoms with Crippen molar-refractivity contribution >= 4 is 45.2 Å². The van der Waals surface area contributed by atoms with E-state index in [9.17, 15) is 14.0 Å². The minimum absolute atomic E-state index is 0.0758. The summed E-state index contributed by atoms with van der Waals surface area (Å²) in [6.07, 6.45) is 1.56. The molecule has 2 atom stereocenters. The lowest BCUT2D eigenvalue weighted by Gasteiger charge is -2.15. The standard InChI is InChI=1S/C13H13BrClFN2O3/c14-9-4-7(16)5-10(15)11(9)18-13(21)17-8-2-1-6(3-8)12(19)20/h4-6,8H,1-3H2,(H,19,20)(H2,17,18,21)/t6-,8+/m1/s1. The van der Waals surface area contributed by atoms with Crippen LogP contribution in [0.15, 0.2) is 16.6 Å².